The highest BCUT2D eigenvalue weighted by atomic mass is 32.2. The number of guanidine groups is 1. The second kappa shape index (κ2) is 7.06. The summed E-state index contributed by atoms with van der Waals surface area (Å²) in [5.41, 5.74) is 7.63. The molecule has 0 heterocycles. The van der Waals surface area contributed by atoms with Gasteiger partial charge >= 0.3 is 0 Å². The Morgan fingerprint density at radius 3 is 2.27 bits per heavy atom. The first kappa shape index (κ1) is 16.0. The smallest absolute Gasteiger partial charge is 0.238 e. The molecule has 0 aromatic heterocycles. The van der Waals surface area contributed by atoms with Crippen LogP contribution in [0.15, 0.2) is 64.5 Å². The lowest BCUT2D eigenvalue weighted by Gasteiger charge is -2.05. The molecule has 0 saturated carbocycles. The van der Waals surface area contributed by atoms with Crippen LogP contribution >= 0.6 is 0 Å². The summed E-state index contributed by atoms with van der Waals surface area (Å²) in [7, 11) is -3.65. The molecule has 0 aliphatic heterocycles. The van der Waals surface area contributed by atoms with Crippen molar-refractivity contribution < 1.29 is 8.42 Å². The Kier molecular flexibility index (Phi) is 5.13. The summed E-state index contributed by atoms with van der Waals surface area (Å²) in [5.74, 6) is 0.340. The summed E-state index contributed by atoms with van der Waals surface area (Å²) in [5, 5.41) is 8.03. The van der Waals surface area contributed by atoms with Crippen LogP contribution in [0.4, 0.5) is 5.69 Å². The van der Waals surface area contributed by atoms with E-state index in [1.807, 2.05) is 30.3 Å². The molecule has 0 saturated heterocycles. The highest BCUT2D eigenvalue weighted by molar-refractivity contribution is 7.89. The van der Waals surface area contributed by atoms with Crippen LogP contribution in [0.3, 0.4) is 0 Å². The van der Waals surface area contributed by atoms with Crippen LogP contribution in [0.2, 0.25) is 0 Å². The van der Waals surface area contributed by atoms with Crippen molar-refractivity contribution in [3.63, 3.8) is 0 Å². The van der Waals surface area contributed by atoms with Crippen molar-refractivity contribution in [3.8, 4) is 0 Å². The van der Waals surface area contributed by atoms with E-state index in [1.165, 1.54) is 12.1 Å². The van der Waals surface area contributed by atoms with E-state index in [-0.39, 0.29) is 4.90 Å². The Morgan fingerprint density at radius 1 is 1.05 bits per heavy atom. The lowest BCUT2D eigenvalue weighted by molar-refractivity contribution is 0.598. The zero-order valence-electron chi connectivity index (χ0n) is 11.9. The van der Waals surface area contributed by atoms with Crippen molar-refractivity contribution in [1.29, 1.82) is 0 Å². The van der Waals surface area contributed by atoms with Gasteiger partial charge in [-0.1, -0.05) is 30.3 Å². The molecular weight excluding hydrogens is 300 g/mol. The maximum atomic E-state index is 11.2. The zero-order chi connectivity index (χ0) is 16.0. The van der Waals surface area contributed by atoms with E-state index in [4.69, 9.17) is 10.9 Å². The molecule has 2 rings (SSSR count). The fourth-order valence-corrected chi connectivity index (χ4v) is 2.38. The molecule has 2 aromatic carbocycles. The number of anilines is 1. The minimum absolute atomic E-state index is 0.102. The third kappa shape index (κ3) is 4.87. The molecule has 2 aromatic rings. The largest absolute Gasteiger partial charge is 0.370 e. The van der Waals surface area contributed by atoms with Gasteiger partial charge in [-0.25, -0.2) is 13.6 Å². The van der Waals surface area contributed by atoms with E-state index in [9.17, 15) is 8.42 Å². The third-order valence-corrected chi connectivity index (χ3v) is 3.91. The van der Waals surface area contributed by atoms with Crippen molar-refractivity contribution in [2.24, 2.45) is 15.9 Å². The Balaban J connectivity index is 1.89. The summed E-state index contributed by atoms with van der Waals surface area (Å²) in [6.45, 7) is 0.500. The van der Waals surface area contributed by atoms with Gasteiger partial charge in [0.05, 0.1) is 4.90 Å². The Morgan fingerprint density at radius 2 is 1.68 bits per heavy atom. The van der Waals surface area contributed by atoms with Crippen molar-refractivity contribution >= 4 is 21.7 Å². The van der Waals surface area contributed by atoms with Gasteiger partial charge in [-0.15, -0.1) is 0 Å². The van der Waals surface area contributed by atoms with Crippen LogP contribution in [0.5, 0.6) is 0 Å². The van der Waals surface area contributed by atoms with Crippen LogP contribution in [0, 0.1) is 0 Å². The Bertz CT molecular complexity index is 741. The molecule has 0 bridgehead atoms. The molecule has 0 amide bonds. The predicted molar refractivity (Wildman–Crippen MR) is 88.1 cm³/mol. The van der Waals surface area contributed by atoms with Crippen LogP contribution in [-0.4, -0.2) is 20.9 Å². The molecule has 0 radical (unpaired) electrons. The maximum Gasteiger partial charge on any atom is 0.238 e. The molecule has 0 spiro atoms. The van der Waals surface area contributed by atoms with Gasteiger partial charge in [0.1, 0.15) is 0 Å². The number of hydrogen-bond donors (Lipinski definition) is 3. The first-order valence-electron chi connectivity index (χ1n) is 6.69. The van der Waals surface area contributed by atoms with Crippen molar-refractivity contribution in [3.05, 3.63) is 60.2 Å². The van der Waals surface area contributed by atoms with E-state index in [0.717, 1.165) is 11.3 Å². The van der Waals surface area contributed by atoms with Gasteiger partial charge in [0.2, 0.25) is 10.0 Å². The summed E-state index contributed by atoms with van der Waals surface area (Å²) in [6.07, 6.45) is 0.655. The van der Waals surface area contributed by atoms with E-state index >= 15 is 0 Å². The van der Waals surface area contributed by atoms with E-state index in [1.54, 1.807) is 12.1 Å². The minimum atomic E-state index is -3.65. The van der Waals surface area contributed by atoms with Gasteiger partial charge in [-0.2, -0.15) is 0 Å². The van der Waals surface area contributed by atoms with Gasteiger partial charge in [0.25, 0.3) is 0 Å². The predicted octanol–water partition coefficient (Wildman–Crippen LogP) is 1.30. The van der Waals surface area contributed by atoms with Gasteiger partial charge < -0.3 is 11.1 Å². The van der Waals surface area contributed by atoms with Gasteiger partial charge in [0.15, 0.2) is 5.96 Å². The topological polar surface area (TPSA) is 111 Å². The zero-order valence-corrected chi connectivity index (χ0v) is 12.8. The molecule has 0 aliphatic rings. The molecule has 116 valence electrons. The maximum absolute atomic E-state index is 11.2. The monoisotopic (exact) mass is 318 g/mol. The summed E-state index contributed by atoms with van der Waals surface area (Å²) in [6, 6.07) is 15.9. The molecule has 22 heavy (non-hydrogen) atoms. The summed E-state index contributed by atoms with van der Waals surface area (Å²) in [4.78, 5) is 4.33. The lowest BCUT2D eigenvalue weighted by Crippen LogP contribution is -2.23. The number of para-hydroxylation sites is 1. The number of nitrogens with zero attached hydrogens (tertiary/aromatic N) is 1. The van der Waals surface area contributed by atoms with E-state index < -0.39 is 10.0 Å². The van der Waals surface area contributed by atoms with E-state index in [0.29, 0.717) is 18.9 Å². The minimum Gasteiger partial charge on any atom is -0.370 e. The van der Waals surface area contributed by atoms with Crippen molar-refractivity contribution in [1.82, 2.24) is 0 Å². The molecule has 0 unspecified atom stereocenters. The highest BCUT2D eigenvalue weighted by Crippen LogP contribution is 2.09. The number of aliphatic imine (C=N–C) groups is 1. The number of primary sulfonamides is 1. The summed E-state index contributed by atoms with van der Waals surface area (Å²) < 4.78 is 22.3. The number of nitrogens with two attached hydrogens (primary N) is 2. The molecular formula is C15H18N4O2S. The van der Waals surface area contributed by atoms with Crippen LogP contribution in [0.1, 0.15) is 5.56 Å². The Labute approximate surface area is 129 Å². The highest BCUT2D eigenvalue weighted by Gasteiger charge is 2.06. The van der Waals surface area contributed by atoms with Crippen molar-refractivity contribution in [2.45, 2.75) is 11.3 Å². The summed E-state index contributed by atoms with van der Waals surface area (Å²) >= 11 is 0. The number of benzene rings is 2. The van der Waals surface area contributed by atoms with Crippen LogP contribution in [0.25, 0.3) is 0 Å². The third-order valence-electron chi connectivity index (χ3n) is 2.98. The van der Waals surface area contributed by atoms with Gasteiger partial charge in [-0.3, -0.25) is 4.99 Å². The first-order valence-corrected chi connectivity index (χ1v) is 8.23. The van der Waals surface area contributed by atoms with Gasteiger partial charge in [-0.05, 0) is 36.2 Å². The second-order valence-corrected chi connectivity index (χ2v) is 6.26. The number of hydrogen-bond acceptors (Lipinski definition) is 3. The molecule has 6 nitrogen and oxygen atoms in total. The molecule has 5 N–H and O–H groups in total. The molecule has 0 atom stereocenters. The SMILES string of the molecule is NC(=NCCc1ccc(S(N)(=O)=O)cc1)Nc1ccccc1. The fourth-order valence-electron chi connectivity index (χ4n) is 1.86. The molecule has 7 heteroatoms. The van der Waals surface area contributed by atoms with Crippen LogP contribution in [-0.2, 0) is 16.4 Å². The Hall–Kier alpha value is -2.38. The number of nitrogens with one attached hydrogen (secondary N) is 1. The molecule has 0 fully saturated rings. The first-order chi connectivity index (χ1) is 10.4. The van der Waals surface area contributed by atoms with Crippen LogP contribution < -0.4 is 16.2 Å². The standard InChI is InChI=1S/C15H18N4O2S/c16-15(19-13-4-2-1-3-5-13)18-11-10-12-6-8-14(9-7-12)22(17,20)21/h1-9H,10-11H2,(H3,16,18,19)(H2,17,20,21). The van der Waals surface area contributed by atoms with E-state index in [2.05, 4.69) is 10.3 Å². The van der Waals surface area contributed by atoms with Crippen molar-refractivity contribution in [2.75, 3.05) is 11.9 Å². The average Bonchev–Trinajstić information content (AvgIpc) is 2.48. The van der Waals surface area contributed by atoms with Gasteiger partial charge in [0, 0.05) is 12.2 Å². The number of rotatable bonds is 5. The molecule has 0 aliphatic carbocycles. The fraction of sp³-hybridized carbons (Fsp3) is 0.133. The number of sulfonamides is 1. The second-order valence-electron chi connectivity index (χ2n) is 4.70. The lowest BCUT2D eigenvalue weighted by atomic mass is 10.1. The normalized spacial score (nSPS) is 12.1. The quantitative estimate of drug-likeness (QED) is 0.570. The average molecular weight is 318 g/mol.